The number of carbonyl (C=O) groups is 2. The van der Waals surface area contributed by atoms with E-state index in [1.807, 2.05) is 0 Å². The fourth-order valence-electron chi connectivity index (χ4n) is 2.27. The zero-order valence-electron chi connectivity index (χ0n) is 13.9. The van der Waals surface area contributed by atoms with E-state index in [9.17, 15) is 19.7 Å². The van der Waals surface area contributed by atoms with Crippen LogP contribution in [0.2, 0.25) is 0 Å². The molecular weight excluding hydrogens is 324 g/mol. The number of hydrogen-bond acceptors (Lipinski definition) is 5. The second-order valence-electron chi connectivity index (χ2n) is 5.54. The van der Waals surface area contributed by atoms with Gasteiger partial charge in [-0.1, -0.05) is 24.3 Å². The fourth-order valence-corrected chi connectivity index (χ4v) is 2.27. The van der Waals surface area contributed by atoms with Crippen molar-refractivity contribution in [2.75, 3.05) is 5.32 Å². The molecule has 0 aliphatic rings. The van der Waals surface area contributed by atoms with Crippen molar-refractivity contribution in [3.8, 4) is 0 Å². The number of rotatable bonds is 6. The molecule has 25 heavy (non-hydrogen) atoms. The first-order valence-electron chi connectivity index (χ1n) is 7.65. The van der Waals surface area contributed by atoms with Gasteiger partial charge in [0.05, 0.1) is 11.3 Å². The van der Waals surface area contributed by atoms with E-state index in [0.29, 0.717) is 11.3 Å². The van der Waals surface area contributed by atoms with Crippen molar-refractivity contribution in [3.63, 3.8) is 0 Å². The van der Waals surface area contributed by atoms with Crippen LogP contribution in [-0.4, -0.2) is 16.8 Å². The summed E-state index contributed by atoms with van der Waals surface area (Å²) in [7, 11) is 0. The molecule has 7 nitrogen and oxygen atoms in total. The standard InChI is InChI=1S/C18H18N2O5/c1-12(15-4-3-5-17(11-15)20(23)24)25-18(22)10-14-6-8-16(9-7-14)19-13(2)21/h3-9,11-12H,10H2,1-2H3,(H,19,21)/t12-/m1/s1. The molecule has 7 heteroatoms. The van der Waals surface area contributed by atoms with Gasteiger partial charge in [0.25, 0.3) is 5.69 Å². The lowest BCUT2D eigenvalue weighted by Crippen LogP contribution is -2.12. The minimum absolute atomic E-state index is 0.0473. The molecule has 0 aliphatic heterocycles. The van der Waals surface area contributed by atoms with Crippen LogP contribution in [0.5, 0.6) is 0 Å². The van der Waals surface area contributed by atoms with E-state index in [2.05, 4.69) is 5.32 Å². The van der Waals surface area contributed by atoms with E-state index in [1.54, 1.807) is 43.3 Å². The third kappa shape index (κ3) is 5.42. The monoisotopic (exact) mass is 342 g/mol. The van der Waals surface area contributed by atoms with E-state index in [4.69, 9.17) is 4.74 Å². The molecule has 1 atom stereocenters. The Labute approximate surface area is 144 Å². The van der Waals surface area contributed by atoms with Gasteiger partial charge < -0.3 is 10.1 Å². The van der Waals surface area contributed by atoms with Crippen LogP contribution in [0.1, 0.15) is 31.1 Å². The number of esters is 1. The molecule has 0 unspecified atom stereocenters. The smallest absolute Gasteiger partial charge is 0.310 e. The van der Waals surface area contributed by atoms with Gasteiger partial charge in [-0.3, -0.25) is 19.7 Å². The number of carbonyl (C=O) groups excluding carboxylic acids is 2. The van der Waals surface area contributed by atoms with Crippen LogP contribution in [0.3, 0.4) is 0 Å². The van der Waals surface area contributed by atoms with Crippen molar-refractivity contribution in [2.24, 2.45) is 0 Å². The van der Waals surface area contributed by atoms with E-state index in [0.717, 1.165) is 5.56 Å². The van der Waals surface area contributed by atoms with Crippen LogP contribution in [0.25, 0.3) is 0 Å². The average molecular weight is 342 g/mol. The number of nitrogens with one attached hydrogen (secondary N) is 1. The lowest BCUT2D eigenvalue weighted by Gasteiger charge is -2.13. The predicted octanol–water partition coefficient (Wildman–Crippen LogP) is 3.40. The van der Waals surface area contributed by atoms with Gasteiger partial charge in [-0.2, -0.15) is 0 Å². The van der Waals surface area contributed by atoms with Crippen LogP contribution in [0, 0.1) is 10.1 Å². The van der Waals surface area contributed by atoms with E-state index >= 15 is 0 Å². The molecule has 2 rings (SSSR count). The average Bonchev–Trinajstić information content (AvgIpc) is 2.56. The molecule has 130 valence electrons. The highest BCUT2D eigenvalue weighted by Crippen LogP contribution is 2.22. The Kier molecular flexibility index (Phi) is 5.84. The lowest BCUT2D eigenvalue weighted by atomic mass is 10.1. The van der Waals surface area contributed by atoms with E-state index in [-0.39, 0.29) is 18.0 Å². The van der Waals surface area contributed by atoms with Crippen LogP contribution in [0.4, 0.5) is 11.4 Å². The number of nitrogens with zero attached hydrogens (tertiary/aromatic N) is 1. The van der Waals surface area contributed by atoms with Gasteiger partial charge in [0, 0.05) is 24.7 Å². The molecule has 0 aromatic heterocycles. The van der Waals surface area contributed by atoms with E-state index < -0.39 is 17.0 Å². The highest BCUT2D eigenvalue weighted by Gasteiger charge is 2.15. The van der Waals surface area contributed by atoms with Crippen LogP contribution in [-0.2, 0) is 20.7 Å². The van der Waals surface area contributed by atoms with Gasteiger partial charge >= 0.3 is 5.97 Å². The normalized spacial score (nSPS) is 11.4. The molecule has 0 heterocycles. The molecule has 1 N–H and O–H groups in total. The number of nitro benzene ring substituents is 1. The fraction of sp³-hybridized carbons (Fsp3) is 0.222. The Bertz CT molecular complexity index is 786. The first-order valence-corrected chi connectivity index (χ1v) is 7.65. The minimum Gasteiger partial charge on any atom is -0.458 e. The van der Waals surface area contributed by atoms with Crippen LogP contribution >= 0.6 is 0 Å². The second-order valence-corrected chi connectivity index (χ2v) is 5.54. The molecule has 0 fully saturated rings. The number of amides is 1. The Morgan fingerprint density at radius 2 is 1.88 bits per heavy atom. The molecule has 0 spiro atoms. The molecule has 2 aromatic carbocycles. The molecule has 0 saturated carbocycles. The summed E-state index contributed by atoms with van der Waals surface area (Å²) in [6, 6.07) is 12.9. The molecule has 0 radical (unpaired) electrons. The Balaban J connectivity index is 1.96. The molecule has 0 aliphatic carbocycles. The van der Waals surface area contributed by atoms with Crippen LogP contribution in [0.15, 0.2) is 48.5 Å². The van der Waals surface area contributed by atoms with E-state index in [1.165, 1.54) is 19.1 Å². The topological polar surface area (TPSA) is 98.5 Å². The minimum atomic E-state index is -0.592. The van der Waals surface area contributed by atoms with Crippen molar-refractivity contribution in [1.29, 1.82) is 0 Å². The number of benzene rings is 2. The summed E-state index contributed by atoms with van der Waals surface area (Å²) in [6.07, 6.45) is -0.523. The quantitative estimate of drug-likeness (QED) is 0.493. The second kappa shape index (κ2) is 8.05. The number of hydrogen-bond donors (Lipinski definition) is 1. The Hall–Kier alpha value is -3.22. The summed E-state index contributed by atoms with van der Waals surface area (Å²) in [5.41, 5.74) is 1.90. The van der Waals surface area contributed by atoms with Crippen molar-refractivity contribution < 1.29 is 19.2 Å². The third-order valence-electron chi connectivity index (χ3n) is 3.48. The van der Waals surface area contributed by atoms with Gasteiger partial charge in [-0.15, -0.1) is 0 Å². The molecular formula is C18H18N2O5. The van der Waals surface area contributed by atoms with Gasteiger partial charge in [0.1, 0.15) is 6.10 Å². The summed E-state index contributed by atoms with van der Waals surface area (Å²) in [5.74, 6) is -0.607. The Morgan fingerprint density at radius 3 is 2.48 bits per heavy atom. The first kappa shape index (κ1) is 18.1. The highest BCUT2D eigenvalue weighted by molar-refractivity contribution is 5.88. The zero-order chi connectivity index (χ0) is 18.4. The maximum absolute atomic E-state index is 12.1. The predicted molar refractivity (Wildman–Crippen MR) is 92.1 cm³/mol. The van der Waals surface area contributed by atoms with Crippen molar-refractivity contribution >= 4 is 23.3 Å². The van der Waals surface area contributed by atoms with Crippen molar-refractivity contribution in [2.45, 2.75) is 26.4 Å². The van der Waals surface area contributed by atoms with Gasteiger partial charge in [0.15, 0.2) is 0 Å². The number of anilines is 1. The largest absolute Gasteiger partial charge is 0.458 e. The number of nitro groups is 1. The zero-order valence-corrected chi connectivity index (χ0v) is 13.9. The van der Waals surface area contributed by atoms with Gasteiger partial charge in [0.2, 0.25) is 5.91 Å². The Morgan fingerprint density at radius 1 is 1.20 bits per heavy atom. The number of ether oxygens (including phenoxy) is 1. The van der Waals surface area contributed by atoms with Crippen molar-refractivity contribution in [3.05, 3.63) is 69.8 Å². The summed E-state index contributed by atoms with van der Waals surface area (Å²) in [4.78, 5) is 33.3. The van der Waals surface area contributed by atoms with Crippen LogP contribution < -0.4 is 5.32 Å². The summed E-state index contributed by atoms with van der Waals surface area (Å²) >= 11 is 0. The van der Waals surface area contributed by atoms with Gasteiger partial charge in [-0.05, 0) is 30.2 Å². The van der Waals surface area contributed by atoms with Crippen molar-refractivity contribution in [1.82, 2.24) is 0 Å². The number of non-ortho nitro benzene ring substituents is 1. The molecule has 2 aromatic rings. The maximum atomic E-state index is 12.1. The molecule has 0 saturated heterocycles. The maximum Gasteiger partial charge on any atom is 0.310 e. The summed E-state index contributed by atoms with van der Waals surface area (Å²) in [5, 5.41) is 13.4. The highest BCUT2D eigenvalue weighted by atomic mass is 16.6. The van der Waals surface area contributed by atoms with Gasteiger partial charge in [-0.25, -0.2) is 0 Å². The lowest BCUT2D eigenvalue weighted by molar-refractivity contribution is -0.385. The summed E-state index contributed by atoms with van der Waals surface area (Å²) in [6.45, 7) is 3.08. The third-order valence-corrected chi connectivity index (χ3v) is 3.48. The first-order chi connectivity index (χ1) is 11.8. The molecule has 1 amide bonds. The SMILES string of the molecule is CC(=O)Nc1ccc(CC(=O)O[C@H](C)c2cccc([N+](=O)[O-])c2)cc1. The summed E-state index contributed by atoms with van der Waals surface area (Å²) < 4.78 is 5.34. The molecule has 0 bridgehead atoms.